The van der Waals surface area contributed by atoms with Crippen molar-refractivity contribution < 1.29 is 9.18 Å². The van der Waals surface area contributed by atoms with E-state index in [-0.39, 0.29) is 35.4 Å². The van der Waals surface area contributed by atoms with E-state index in [2.05, 4.69) is 26.2 Å². The molecule has 2 aromatic carbocycles. The van der Waals surface area contributed by atoms with Crippen LogP contribution in [0.2, 0.25) is 5.02 Å². The lowest BCUT2D eigenvalue weighted by Crippen LogP contribution is -2.20. The number of hydrogen-bond donors (Lipinski definition) is 1. The molecule has 0 atom stereocenters. The molecular formula is C18H15BrCl2FN3OS. The molecular weight excluding hydrogens is 476 g/mol. The molecule has 0 radical (unpaired) electrons. The van der Waals surface area contributed by atoms with E-state index in [4.69, 9.17) is 11.6 Å². The Bertz CT molecular complexity index is 1020. The van der Waals surface area contributed by atoms with Crippen molar-refractivity contribution in [2.24, 2.45) is 12.0 Å². The normalized spacial score (nSPS) is 11.2. The van der Waals surface area contributed by atoms with Gasteiger partial charge in [-0.1, -0.05) is 27.5 Å². The maximum absolute atomic E-state index is 13.8. The first-order valence-corrected chi connectivity index (χ1v) is 9.66. The minimum Gasteiger partial charge on any atom is -0.323 e. The molecule has 0 spiro atoms. The minimum absolute atomic E-state index is 0. The first-order valence-electron chi connectivity index (χ1n) is 7.61. The Morgan fingerprint density at radius 3 is 2.67 bits per heavy atom. The highest BCUT2D eigenvalue weighted by Crippen LogP contribution is 2.19. The molecule has 0 aliphatic carbocycles. The van der Waals surface area contributed by atoms with Crippen LogP contribution in [0.1, 0.15) is 5.69 Å². The Morgan fingerprint density at radius 1 is 1.30 bits per heavy atom. The molecule has 3 rings (SSSR count). The highest BCUT2D eigenvalue weighted by atomic mass is 79.9. The topological polar surface area (TPSA) is 46.4 Å². The zero-order valence-corrected chi connectivity index (χ0v) is 18.1. The fourth-order valence-corrected chi connectivity index (χ4v) is 3.58. The summed E-state index contributed by atoms with van der Waals surface area (Å²) < 4.78 is 16.6. The number of thiazole rings is 1. The number of halogens is 4. The average Bonchev–Trinajstić information content (AvgIpc) is 2.93. The molecule has 0 saturated carbocycles. The molecule has 142 valence electrons. The molecule has 0 unspecified atom stereocenters. The van der Waals surface area contributed by atoms with Crippen LogP contribution in [0, 0.1) is 5.82 Å². The van der Waals surface area contributed by atoms with Crippen LogP contribution in [-0.2, 0) is 18.3 Å². The lowest BCUT2D eigenvalue weighted by Gasteiger charge is -2.07. The van der Waals surface area contributed by atoms with Crippen LogP contribution >= 0.6 is 51.3 Å². The number of nitrogens with zero attached hydrogens (tertiary/aromatic N) is 2. The van der Waals surface area contributed by atoms with Gasteiger partial charge in [0.05, 0.1) is 17.8 Å². The third kappa shape index (κ3) is 5.65. The molecule has 9 heteroatoms. The second-order valence-electron chi connectivity index (χ2n) is 5.51. The summed E-state index contributed by atoms with van der Waals surface area (Å²) in [6.45, 7) is 0. The summed E-state index contributed by atoms with van der Waals surface area (Å²) in [7, 11) is 1.85. The first kappa shape index (κ1) is 21.6. The number of aromatic nitrogens is 1. The highest BCUT2D eigenvalue weighted by molar-refractivity contribution is 9.10. The van der Waals surface area contributed by atoms with Crippen LogP contribution in [0.5, 0.6) is 0 Å². The zero-order valence-electron chi connectivity index (χ0n) is 14.1. The molecule has 1 N–H and O–H groups in total. The van der Waals surface area contributed by atoms with Crippen molar-refractivity contribution in [2.75, 3.05) is 5.32 Å². The van der Waals surface area contributed by atoms with E-state index in [0.717, 1.165) is 26.7 Å². The largest absolute Gasteiger partial charge is 0.323 e. The number of hydrogen-bond acceptors (Lipinski definition) is 3. The molecule has 1 heterocycles. The molecule has 1 amide bonds. The van der Waals surface area contributed by atoms with Crippen LogP contribution in [0.15, 0.2) is 57.3 Å². The first-order chi connectivity index (χ1) is 12.4. The smallest absolute Gasteiger partial charge is 0.230 e. The maximum Gasteiger partial charge on any atom is 0.230 e. The predicted octanol–water partition coefficient (Wildman–Crippen LogP) is 5.48. The summed E-state index contributed by atoms with van der Waals surface area (Å²) in [5, 5.41) is 4.71. The molecule has 27 heavy (non-hydrogen) atoms. The van der Waals surface area contributed by atoms with Gasteiger partial charge >= 0.3 is 0 Å². The van der Waals surface area contributed by atoms with E-state index in [1.165, 1.54) is 23.5 Å². The van der Waals surface area contributed by atoms with Crippen LogP contribution in [0.3, 0.4) is 0 Å². The Balaban J connectivity index is 0.00000261. The Morgan fingerprint density at radius 2 is 2.00 bits per heavy atom. The van der Waals surface area contributed by atoms with Gasteiger partial charge in [0.1, 0.15) is 5.82 Å². The fourth-order valence-electron chi connectivity index (χ4n) is 2.24. The van der Waals surface area contributed by atoms with E-state index in [0.29, 0.717) is 0 Å². The number of carbonyl (C=O) groups is 1. The zero-order chi connectivity index (χ0) is 18.7. The van der Waals surface area contributed by atoms with Crippen molar-refractivity contribution in [3.05, 3.63) is 73.7 Å². The molecule has 4 nitrogen and oxygen atoms in total. The average molecular weight is 491 g/mol. The predicted molar refractivity (Wildman–Crippen MR) is 114 cm³/mol. The van der Waals surface area contributed by atoms with Crippen LogP contribution in [0.4, 0.5) is 15.8 Å². The van der Waals surface area contributed by atoms with Crippen molar-refractivity contribution in [1.29, 1.82) is 0 Å². The summed E-state index contributed by atoms with van der Waals surface area (Å²) in [4.78, 5) is 17.6. The van der Waals surface area contributed by atoms with Gasteiger partial charge in [-0.25, -0.2) is 9.38 Å². The molecule has 1 aromatic heterocycles. The van der Waals surface area contributed by atoms with E-state index in [1.54, 1.807) is 0 Å². The van der Waals surface area contributed by atoms with Crippen molar-refractivity contribution in [3.8, 4) is 0 Å². The van der Waals surface area contributed by atoms with Gasteiger partial charge in [-0.15, -0.1) is 23.7 Å². The highest BCUT2D eigenvalue weighted by Gasteiger charge is 2.11. The van der Waals surface area contributed by atoms with E-state index in [1.807, 2.05) is 41.3 Å². The van der Waals surface area contributed by atoms with Gasteiger partial charge in [0.25, 0.3) is 0 Å². The molecule has 0 fully saturated rings. The van der Waals surface area contributed by atoms with Gasteiger partial charge in [0.2, 0.25) is 5.91 Å². The van der Waals surface area contributed by atoms with Crippen LogP contribution in [-0.4, -0.2) is 10.5 Å². The summed E-state index contributed by atoms with van der Waals surface area (Å²) in [6, 6.07) is 11.8. The summed E-state index contributed by atoms with van der Waals surface area (Å²) >= 11 is 10.5. The Hall–Kier alpha value is -1.67. The molecule has 0 bridgehead atoms. The van der Waals surface area contributed by atoms with Gasteiger partial charge < -0.3 is 9.88 Å². The van der Waals surface area contributed by atoms with Gasteiger partial charge in [-0.2, -0.15) is 0 Å². The minimum atomic E-state index is -0.563. The second-order valence-corrected chi connectivity index (χ2v) is 7.69. The number of amides is 1. The fraction of sp³-hybridized carbons (Fsp3) is 0.111. The SMILES string of the molecule is Cl.Cn1c(CC(=O)Nc2ccc(Cl)cc2F)csc1=Nc1ccc(Br)cc1. The number of benzene rings is 2. The number of anilines is 1. The lowest BCUT2D eigenvalue weighted by atomic mass is 10.2. The van der Waals surface area contributed by atoms with Crippen molar-refractivity contribution >= 4 is 68.6 Å². The third-order valence-corrected chi connectivity index (χ3v) is 5.35. The van der Waals surface area contributed by atoms with Gasteiger partial charge in [0.15, 0.2) is 4.80 Å². The Labute approximate surface area is 179 Å². The van der Waals surface area contributed by atoms with Gasteiger partial charge in [0, 0.05) is 27.6 Å². The van der Waals surface area contributed by atoms with Gasteiger partial charge in [-0.05, 0) is 42.5 Å². The van der Waals surface area contributed by atoms with Crippen molar-refractivity contribution in [1.82, 2.24) is 4.57 Å². The van der Waals surface area contributed by atoms with Crippen LogP contribution < -0.4 is 10.1 Å². The Kier molecular flexibility index (Phi) is 7.61. The van der Waals surface area contributed by atoms with Gasteiger partial charge in [-0.3, -0.25) is 4.79 Å². The van der Waals surface area contributed by atoms with E-state index < -0.39 is 5.82 Å². The number of carbonyl (C=O) groups excluding carboxylic acids is 1. The standard InChI is InChI=1S/C18H14BrClFN3OS.ClH/c1-24-14(9-17(25)23-16-7-4-12(20)8-15(16)21)10-26-18(24)22-13-5-2-11(19)3-6-13;/h2-8,10H,9H2,1H3,(H,23,25);1H. The third-order valence-electron chi connectivity index (χ3n) is 3.62. The maximum atomic E-state index is 13.8. The van der Waals surface area contributed by atoms with Crippen molar-refractivity contribution in [3.63, 3.8) is 0 Å². The number of rotatable bonds is 4. The molecule has 0 aliphatic heterocycles. The molecule has 3 aromatic rings. The lowest BCUT2D eigenvalue weighted by molar-refractivity contribution is -0.115. The second kappa shape index (κ2) is 9.50. The van der Waals surface area contributed by atoms with E-state index in [9.17, 15) is 9.18 Å². The van der Waals surface area contributed by atoms with E-state index >= 15 is 0 Å². The summed E-state index contributed by atoms with van der Waals surface area (Å²) in [6.07, 6.45) is 0.116. The summed E-state index contributed by atoms with van der Waals surface area (Å²) in [5.74, 6) is -0.874. The van der Waals surface area contributed by atoms with Crippen LogP contribution in [0.25, 0.3) is 0 Å². The molecule has 0 saturated heterocycles. The van der Waals surface area contributed by atoms with Crippen molar-refractivity contribution in [2.45, 2.75) is 6.42 Å². The molecule has 0 aliphatic rings. The number of nitrogens with one attached hydrogen (secondary N) is 1. The monoisotopic (exact) mass is 489 g/mol. The quantitative estimate of drug-likeness (QED) is 0.517. The summed E-state index contributed by atoms with van der Waals surface area (Å²) in [5.41, 5.74) is 1.72.